The van der Waals surface area contributed by atoms with Crippen molar-refractivity contribution in [3.05, 3.63) is 34.6 Å². The monoisotopic (exact) mass is 312 g/mol. The Hall–Kier alpha value is -0.640. The zero-order valence-corrected chi connectivity index (χ0v) is 14.0. The number of hydrogen-bond donors (Lipinski definition) is 1. The summed E-state index contributed by atoms with van der Waals surface area (Å²) in [4.78, 5) is 2.38. The van der Waals surface area contributed by atoms with Gasteiger partial charge in [-0.3, -0.25) is 4.90 Å². The Labute approximate surface area is 132 Å². The van der Waals surface area contributed by atoms with Gasteiger partial charge in [0.15, 0.2) is 0 Å². The molecule has 2 unspecified atom stereocenters. The smallest absolute Gasteiger partial charge is 0.129 e. The van der Waals surface area contributed by atoms with Crippen molar-refractivity contribution in [3.8, 4) is 0 Å². The van der Waals surface area contributed by atoms with Gasteiger partial charge in [-0.2, -0.15) is 0 Å². The van der Waals surface area contributed by atoms with Gasteiger partial charge >= 0.3 is 0 Å². The maximum Gasteiger partial charge on any atom is 0.129 e. The highest BCUT2D eigenvalue weighted by molar-refractivity contribution is 6.31. The third-order valence-corrected chi connectivity index (χ3v) is 4.62. The van der Waals surface area contributed by atoms with Crippen molar-refractivity contribution in [2.75, 3.05) is 13.1 Å². The summed E-state index contributed by atoms with van der Waals surface area (Å²) in [6.07, 6.45) is 2.21. The minimum atomic E-state index is -0.198. The molecule has 0 amide bonds. The van der Waals surface area contributed by atoms with Gasteiger partial charge in [-0.05, 0) is 30.9 Å². The summed E-state index contributed by atoms with van der Waals surface area (Å²) in [5.41, 5.74) is 0.628. The molecule has 2 rings (SSSR count). The average molecular weight is 313 g/mol. The highest BCUT2D eigenvalue weighted by atomic mass is 35.5. The topological polar surface area (TPSA) is 15.3 Å². The highest BCUT2D eigenvalue weighted by Crippen LogP contribution is 2.24. The predicted octanol–water partition coefficient (Wildman–Crippen LogP) is 4.08. The molecule has 0 radical (unpaired) electrons. The SMILES string of the molecule is CCC1CNC(CC(C)C)CN1Cc1c(F)cccc1Cl. The fourth-order valence-corrected chi connectivity index (χ4v) is 3.36. The van der Waals surface area contributed by atoms with Crippen LogP contribution < -0.4 is 5.32 Å². The predicted molar refractivity (Wildman–Crippen MR) is 87.1 cm³/mol. The fourth-order valence-electron chi connectivity index (χ4n) is 3.14. The van der Waals surface area contributed by atoms with Crippen molar-refractivity contribution < 1.29 is 4.39 Å². The van der Waals surface area contributed by atoms with Crippen LogP contribution >= 0.6 is 11.6 Å². The lowest BCUT2D eigenvalue weighted by Gasteiger charge is -2.41. The molecule has 2 nitrogen and oxygen atoms in total. The van der Waals surface area contributed by atoms with Crippen LogP contribution in [0.15, 0.2) is 18.2 Å². The van der Waals surface area contributed by atoms with Gasteiger partial charge < -0.3 is 5.32 Å². The Morgan fingerprint density at radius 2 is 2.19 bits per heavy atom. The van der Waals surface area contributed by atoms with Crippen LogP contribution in [0.25, 0.3) is 0 Å². The molecule has 1 aliphatic heterocycles. The Kier molecular flexibility index (Phi) is 6.03. The van der Waals surface area contributed by atoms with Crippen LogP contribution in [0, 0.1) is 11.7 Å². The minimum Gasteiger partial charge on any atom is -0.311 e. The number of piperazine rings is 1. The molecule has 1 saturated heterocycles. The maximum atomic E-state index is 14.0. The molecule has 1 heterocycles. The van der Waals surface area contributed by atoms with Gasteiger partial charge in [0.1, 0.15) is 5.82 Å². The summed E-state index contributed by atoms with van der Waals surface area (Å²) in [6, 6.07) is 5.87. The number of hydrogen-bond acceptors (Lipinski definition) is 2. The van der Waals surface area contributed by atoms with Crippen LogP contribution in [0.1, 0.15) is 39.2 Å². The molecule has 0 bridgehead atoms. The molecule has 1 aromatic carbocycles. The van der Waals surface area contributed by atoms with Crippen molar-refractivity contribution in [2.45, 2.75) is 52.2 Å². The van der Waals surface area contributed by atoms with E-state index in [4.69, 9.17) is 11.6 Å². The first-order chi connectivity index (χ1) is 10.0. The van der Waals surface area contributed by atoms with Crippen LogP contribution in [0.3, 0.4) is 0 Å². The normalized spacial score (nSPS) is 23.7. The third kappa shape index (κ3) is 4.41. The molecule has 1 fully saturated rings. The standard InChI is InChI=1S/C17H26ClFN2/c1-4-14-9-20-13(8-12(2)3)10-21(14)11-15-16(18)6-5-7-17(15)19/h5-7,12-14,20H,4,8-11H2,1-3H3. The lowest BCUT2D eigenvalue weighted by Crippen LogP contribution is -2.56. The van der Waals surface area contributed by atoms with E-state index >= 15 is 0 Å². The lowest BCUT2D eigenvalue weighted by atomic mass is 9.98. The van der Waals surface area contributed by atoms with E-state index in [0.717, 1.165) is 25.9 Å². The Bertz CT molecular complexity index is 444. The summed E-state index contributed by atoms with van der Waals surface area (Å²) >= 11 is 6.18. The molecule has 1 N–H and O–H groups in total. The summed E-state index contributed by atoms with van der Waals surface area (Å²) < 4.78 is 14.0. The van der Waals surface area contributed by atoms with Gasteiger partial charge in [-0.15, -0.1) is 0 Å². The Morgan fingerprint density at radius 1 is 1.43 bits per heavy atom. The molecule has 1 aromatic rings. The number of benzene rings is 1. The molecule has 0 aromatic heterocycles. The van der Waals surface area contributed by atoms with Crippen LogP contribution in [0.5, 0.6) is 0 Å². The Morgan fingerprint density at radius 3 is 2.81 bits per heavy atom. The van der Waals surface area contributed by atoms with E-state index in [-0.39, 0.29) is 5.82 Å². The molecule has 1 aliphatic rings. The van der Waals surface area contributed by atoms with E-state index in [9.17, 15) is 4.39 Å². The first-order valence-electron chi connectivity index (χ1n) is 7.91. The highest BCUT2D eigenvalue weighted by Gasteiger charge is 2.28. The second-order valence-corrected chi connectivity index (χ2v) is 6.83. The van der Waals surface area contributed by atoms with Gasteiger partial charge in [0.2, 0.25) is 0 Å². The molecule has 2 atom stereocenters. The molecular weight excluding hydrogens is 287 g/mol. The average Bonchev–Trinajstić information content (AvgIpc) is 2.43. The van der Waals surface area contributed by atoms with Gasteiger partial charge in [-0.1, -0.05) is 38.4 Å². The van der Waals surface area contributed by atoms with Gasteiger partial charge in [0, 0.05) is 42.3 Å². The zero-order valence-electron chi connectivity index (χ0n) is 13.2. The van der Waals surface area contributed by atoms with Gasteiger partial charge in [0.05, 0.1) is 0 Å². The summed E-state index contributed by atoms with van der Waals surface area (Å²) in [5, 5.41) is 4.16. The minimum absolute atomic E-state index is 0.198. The second kappa shape index (κ2) is 7.57. The van der Waals surface area contributed by atoms with Crippen molar-refractivity contribution in [1.29, 1.82) is 0 Å². The van der Waals surface area contributed by atoms with E-state index in [1.807, 2.05) is 0 Å². The van der Waals surface area contributed by atoms with E-state index in [2.05, 4.69) is 31.0 Å². The number of nitrogens with one attached hydrogen (secondary N) is 1. The first kappa shape index (κ1) is 16.7. The van der Waals surface area contributed by atoms with Crippen molar-refractivity contribution in [2.24, 2.45) is 5.92 Å². The second-order valence-electron chi connectivity index (χ2n) is 6.43. The van der Waals surface area contributed by atoms with Crippen LogP contribution in [-0.4, -0.2) is 30.1 Å². The summed E-state index contributed by atoms with van der Waals surface area (Å²) in [7, 11) is 0. The largest absolute Gasteiger partial charge is 0.311 e. The van der Waals surface area contributed by atoms with Crippen molar-refractivity contribution >= 4 is 11.6 Å². The van der Waals surface area contributed by atoms with Crippen molar-refractivity contribution in [1.82, 2.24) is 10.2 Å². The van der Waals surface area contributed by atoms with Gasteiger partial charge in [-0.25, -0.2) is 4.39 Å². The van der Waals surface area contributed by atoms with Crippen LogP contribution in [0.2, 0.25) is 5.02 Å². The summed E-state index contributed by atoms with van der Waals surface area (Å²) in [5.74, 6) is 0.468. The number of halogens is 2. The van der Waals surface area contributed by atoms with E-state index in [1.165, 1.54) is 6.07 Å². The molecule has 0 aliphatic carbocycles. The van der Waals surface area contributed by atoms with E-state index in [0.29, 0.717) is 35.1 Å². The van der Waals surface area contributed by atoms with E-state index < -0.39 is 0 Å². The fraction of sp³-hybridized carbons (Fsp3) is 0.647. The third-order valence-electron chi connectivity index (χ3n) is 4.26. The molecule has 0 spiro atoms. The summed E-state index contributed by atoms with van der Waals surface area (Å²) in [6.45, 7) is 9.20. The lowest BCUT2D eigenvalue weighted by molar-refractivity contribution is 0.110. The number of nitrogens with zero attached hydrogens (tertiary/aromatic N) is 1. The molecular formula is C17H26ClFN2. The van der Waals surface area contributed by atoms with E-state index in [1.54, 1.807) is 12.1 Å². The van der Waals surface area contributed by atoms with Crippen LogP contribution in [0.4, 0.5) is 4.39 Å². The number of rotatable bonds is 5. The maximum absolute atomic E-state index is 14.0. The zero-order chi connectivity index (χ0) is 15.4. The quantitative estimate of drug-likeness (QED) is 0.881. The molecule has 118 valence electrons. The Balaban J connectivity index is 2.10. The van der Waals surface area contributed by atoms with Gasteiger partial charge in [0.25, 0.3) is 0 Å². The van der Waals surface area contributed by atoms with Crippen LogP contribution in [-0.2, 0) is 6.54 Å². The molecule has 21 heavy (non-hydrogen) atoms. The van der Waals surface area contributed by atoms with Crippen molar-refractivity contribution in [3.63, 3.8) is 0 Å². The first-order valence-corrected chi connectivity index (χ1v) is 8.29. The molecule has 0 saturated carbocycles. The molecule has 4 heteroatoms.